The number of nitrogens with zero attached hydrogens (tertiary/aromatic N) is 1. The average Bonchev–Trinajstić information content (AvgIpc) is 3.80. The van der Waals surface area contributed by atoms with Gasteiger partial charge in [0.25, 0.3) is 5.91 Å². The standard InChI is InChI=1S/C50H71N3O5/c1-33(2)10-9-11-34(3)42-20-21-43-41-19-16-37-31-39(22-24-49(37,4)44(41)23-25-50(42,43)5)58-29-27-53(26-28-54)48(56)46(30-36-32-51-45-13-8-7-12-40(36)45)52-47(55)35-14-17-38(57-6)18-15-35/h7-8,12-18,32-34,39,41-44,46,51,54H,9-11,19-31H2,1-6H3,(H,52,55)/t34-,39+,41+,42-,43+,44+,46+,49+,50-/m1/s1. The second-order valence-electron chi connectivity index (χ2n) is 19.4. The van der Waals surface area contributed by atoms with E-state index in [-0.39, 0.29) is 36.5 Å². The monoisotopic (exact) mass is 794 g/mol. The number of hydrogen-bond acceptors (Lipinski definition) is 5. The zero-order valence-corrected chi connectivity index (χ0v) is 36.2. The molecule has 4 aliphatic rings. The van der Waals surface area contributed by atoms with Crippen molar-refractivity contribution in [3.8, 4) is 5.75 Å². The first kappa shape index (κ1) is 42.5. The summed E-state index contributed by atoms with van der Waals surface area (Å²) in [6.45, 7) is 13.3. The maximum absolute atomic E-state index is 14.3. The number of methoxy groups -OCH3 is 1. The average molecular weight is 794 g/mol. The molecule has 8 heteroatoms. The fourth-order valence-corrected chi connectivity index (χ4v) is 12.5. The highest BCUT2D eigenvalue weighted by atomic mass is 16.5. The van der Waals surface area contributed by atoms with Gasteiger partial charge in [-0.1, -0.05) is 83.7 Å². The van der Waals surface area contributed by atoms with Crippen molar-refractivity contribution in [2.45, 2.75) is 124 Å². The van der Waals surface area contributed by atoms with Gasteiger partial charge in [0.1, 0.15) is 11.8 Å². The molecule has 0 unspecified atom stereocenters. The van der Waals surface area contributed by atoms with Gasteiger partial charge < -0.3 is 29.8 Å². The second kappa shape index (κ2) is 18.3. The Balaban J connectivity index is 0.980. The Kier molecular flexibility index (Phi) is 13.4. The van der Waals surface area contributed by atoms with Gasteiger partial charge in [-0.2, -0.15) is 0 Å². The van der Waals surface area contributed by atoms with Crippen LogP contribution in [0.1, 0.15) is 121 Å². The molecule has 58 heavy (non-hydrogen) atoms. The van der Waals surface area contributed by atoms with E-state index in [2.05, 4.69) is 51.0 Å². The molecule has 2 aromatic carbocycles. The molecule has 3 N–H and O–H groups in total. The highest BCUT2D eigenvalue weighted by Crippen LogP contribution is 2.67. The van der Waals surface area contributed by atoms with Gasteiger partial charge in [-0.15, -0.1) is 0 Å². The van der Waals surface area contributed by atoms with Crippen LogP contribution in [-0.4, -0.2) is 72.4 Å². The Bertz CT molecular complexity index is 1880. The first-order chi connectivity index (χ1) is 27.9. The lowest BCUT2D eigenvalue weighted by Crippen LogP contribution is -2.51. The molecule has 3 fully saturated rings. The number of amides is 2. The number of carbonyl (C=O) groups is 2. The molecule has 0 saturated heterocycles. The summed E-state index contributed by atoms with van der Waals surface area (Å²) in [5, 5.41) is 14.1. The molecule has 4 aliphatic carbocycles. The Morgan fingerprint density at radius 2 is 1.76 bits per heavy atom. The molecule has 0 bridgehead atoms. The molecule has 0 radical (unpaired) electrons. The van der Waals surface area contributed by atoms with E-state index in [1.807, 2.05) is 30.5 Å². The van der Waals surface area contributed by atoms with Crippen molar-refractivity contribution >= 4 is 22.7 Å². The Morgan fingerprint density at radius 1 is 0.966 bits per heavy atom. The molecule has 316 valence electrons. The Hall–Kier alpha value is -3.62. The van der Waals surface area contributed by atoms with Gasteiger partial charge in [-0.05, 0) is 134 Å². The van der Waals surface area contributed by atoms with Crippen LogP contribution in [0.25, 0.3) is 10.9 Å². The van der Waals surface area contributed by atoms with E-state index < -0.39 is 6.04 Å². The first-order valence-electron chi connectivity index (χ1n) is 22.7. The number of rotatable bonds is 17. The summed E-state index contributed by atoms with van der Waals surface area (Å²) >= 11 is 0. The molecular formula is C50H71N3O5. The molecule has 8 nitrogen and oxygen atoms in total. The zero-order valence-electron chi connectivity index (χ0n) is 36.2. The lowest BCUT2D eigenvalue weighted by molar-refractivity contribution is -0.135. The van der Waals surface area contributed by atoms with Crippen LogP contribution in [0.4, 0.5) is 0 Å². The van der Waals surface area contributed by atoms with E-state index in [0.29, 0.717) is 36.3 Å². The number of para-hydroxylation sites is 1. The molecular weight excluding hydrogens is 723 g/mol. The van der Waals surface area contributed by atoms with Crippen molar-refractivity contribution in [2.24, 2.45) is 46.3 Å². The largest absolute Gasteiger partial charge is 0.497 e. The van der Waals surface area contributed by atoms with Gasteiger partial charge in [0.2, 0.25) is 5.91 Å². The van der Waals surface area contributed by atoms with Crippen LogP contribution in [0, 0.1) is 46.3 Å². The normalized spacial score (nSPS) is 28.9. The predicted octanol–water partition coefficient (Wildman–Crippen LogP) is 9.77. The van der Waals surface area contributed by atoms with Crippen LogP contribution in [0.3, 0.4) is 0 Å². The van der Waals surface area contributed by atoms with E-state index in [1.54, 1.807) is 41.8 Å². The summed E-state index contributed by atoms with van der Waals surface area (Å²) in [7, 11) is 1.59. The second-order valence-corrected chi connectivity index (χ2v) is 19.4. The summed E-state index contributed by atoms with van der Waals surface area (Å²) < 4.78 is 11.9. The third-order valence-electron chi connectivity index (χ3n) is 15.7. The molecule has 9 atom stereocenters. The van der Waals surface area contributed by atoms with E-state index >= 15 is 0 Å². The van der Waals surface area contributed by atoms with Crippen molar-refractivity contribution in [3.63, 3.8) is 0 Å². The summed E-state index contributed by atoms with van der Waals surface area (Å²) in [5.74, 6) is 5.01. The number of aliphatic hydroxyl groups excluding tert-OH is 1. The Morgan fingerprint density at radius 3 is 2.52 bits per heavy atom. The van der Waals surface area contributed by atoms with Gasteiger partial charge in [0.15, 0.2) is 0 Å². The predicted molar refractivity (Wildman–Crippen MR) is 233 cm³/mol. The van der Waals surface area contributed by atoms with Gasteiger partial charge >= 0.3 is 0 Å². The van der Waals surface area contributed by atoms with Gasteiger partial charge in [-0.3, -0.25) is 9.59 Å². The highest BCUT2D eigenvalue weighted by Gasteiger charge is 2.59. The number of aromatic nitrogens is 1. The minimum absolute atomic E-state index is 0.121. The summed E-state index contributed by atoms with van der Waals surface area (Å²) in [6, 6.07) is 14.0. The molecule has 2 amide bonds. The van der Waals surface area contributed by atoms with Crippen LogP contribution >= 0.6 is 0 Å². The summed E-state index contributed by atoms with van der Waals surface area (Å²) in [4.78, 5) is 32.8. The number of ether oxygens (including phenoxy) is 2. The van der Waals surface area contributed by atoms with Crippen LogP contribution < -0.4 is 10.1 Å². The first-order valence-corrected chi connectivity index (χ1v) is 22.7. The third kappa shape index (κ3) is 8.80. The number of aromatic amines is 1. The SMILES string of the molecule is COc1ccc(C(=O)N[C@@H](Cc2c[nH]c3ccccc23)C(=O)N(CCO)CCO[C@H]2CC[C@@]3(C)C(=CC[C@H]4[C@@H]5CC[C@H]([C@H](C)CCCC(C)C)[C@@]5(C)CC[C@@H]43)C2)cc1. The van der Waals surface area contributed by atoms with Crippen molar-refractivity contribution in [1.29, 1.82) is 0 Å². The van der Waals surface area contributed by atoms with Crippen LogP contribution in [0.5, 0.6) is 5.75 Å². The topological polar surface area (TPSA) is 104 Å². The van der Waals surface area contributed by atoms with E-state index in [1.165, 1.54) is 51.4 Å². The lowest BCUT2D eigenvalue weighted by atomic mass is 9.47. The number of aliphatic hydroxyl groups is 1. The smallest absolute Gasteiger partial charge is 0.251 e. The molecule has 0 spiro atoms. The zero-order chi connectivity index (χ0) is 41.0. The maximum Gasteiger partial charge on any atom is 0.251 e. The minimum atomic E-state index is -0.836. The Labute approximate surface area is 347 Å². The minimum Gasteiger partial charge on any atom is -0.497 e. The van der Waals surface area contributed by atoms with Gasteiger partial charge in [0, 0.05) is 42.2 Å². The lowest BCUT2D eigenvalue weighted by Gasteiger charge is -2.58. The van der Waals surface area contributed by atoms with E-state index in [9.17, 15) is 14.7 Å². The van der Waals surface area contributed by atoms with Crippen molar-refractivity contribution in [1.82, 2.24) is 15.2 Å². The quantitative estimate of drug-likeness (QED) is 0.118. The van der Waals surface area contributed by atoms with Crippen molar-refractivity contribution in [2.75, 3.05) is 33.4 Å². The van der Waals surface area contributed by atoms with Crippen LogP contribution in [0.15, 0.2) is 66.4 Å². The number of nitrogens with one attached hydrogen (secondary N) is 2. The van der Waals surface area contributed by atoms with Crippen LogP contribution in [0.2, 0.25) is 0 Å². The molecule has 7 rings (SSSR count). The fourth-order valence-electron chi connectivity index (χ4n) is 12.5. The van der Waals surface area contributed by atoms with Crippen molar-refractivity contribution in [3.05, 3.63) is 77.5 Å². The van der Waals surface area contributed by atoms with E-state index in [0.717, 1.165) is 71.2 Å². The number of fused-ring (bicyclic) bond motifs is 6. The fraction of sp³-hybridized carbons (Fsp3) is 0.640. The molecule has 1 heterocycles. The summed E-state index contributed by atoms with van der Waals surface area (Å²) in [6.07, 6.45) is 19.1. The van der Waals surface area contributed by atoms with E-state index in [4.69, 9.17) is 9.47 Å². The van der Waals surface area contributed by atoms with Crippen molar-refractivity contribution < 1.29 is 24.2 Å². The number of benzene rings is 2. The molecule has 3 saturated carbocycles. The number of allylic oxidation sites excluding steroid dienone is 1. The summed E-state index contributed by atoms with van der Waals surface area (Å²) in [5.41, 5.74) is 4.71. The maximum atomic E-state index is 14.3. The van der Waals surface area contributed by atoms with Gasteiger partial charge in [0.05, 0.1) is 26.4 Å². The third-order valence-corrected chi connectivity index (χ3v) is 15.7. The van der Waals surface area contributed by atoms with Gasteiger partial charge in [-0.25, -0.2) is 0 Å². The molecule has 3 aromatic rings. The van der Waals surface area contributed by atoms with Crippen LogP contribution in [-0.2, 0) is 16.0 Å². The molecule has 1 aromatic heterocycles. The number of H-pyrrole nitrogens is 1. The molecule has 0 aliphatic heterocycles. The highest BCUT2D eigenvalue weighted by molar-refractivity contribution is 5.98. The number of hydrogen-bond donors (Lipinski definition) is 3. The number of carbonyl (C=O) groups excluding carboxylic acids is 2.